The van der Waals surface area contributed by atoms with Crippen molar-refractivity contribution in [2.45, 2.75) is 39.1 Å². The number of nitrogens with zero attached hydrogens (tertiary/aromatic N) is 4. The van der Waals surface area contributed by atoms with E-state index in [0.29, 0.717) is 32.7 Å². The third-order valence-electron chi connectivity index (χ3n) is 5.25. The lowest BCUT2D eigenvalue weighted by molar-refractivity contribution is 0.112. The summed E-state index contributed by atoms with van der Waals surface area (Å²) in [6.45, 7) is 4.02. The predicted octanol–water partition coefficient (Wildman–Crippen LogP) is 4.76. The number of aromatic nitrogens is 3. The molecular formula is C20H17F3N4OS. The number of aryl methyl sites for hydroxylation is 1. The highest BCUT2D eigenvalue weighted by atomic mass is 32.1. The summed E-state index contributed by atoms with van der Waals surface area (Å²) in [6.07, 6.45) is -0.981. The van der Waals surface area contributed by atoms with Gasteiger partial charge in [0.15, 0.2) is 5.82 Å². The monoisotopic (exact) mass is 418 g/mol. The number of thiophene rings is 1. The fourth-order valence-electron chi connectivity index (χ4n) is 3.89. The van der Waals surface area contributed by atoms with Gasteiger partial charge in [0.1, 0.15) is 34.7 Å². The molecule has 29 heavy (non-hydrogen) atoms. The van der Waals surface area contributed by atoms with Crippen LogP contribution in [0.5, 0.6) is 0 Å². The van der Waals surface area contributed by atoms with Crippen LogP contribution in [0, 0.1) is 18.6 Å². The second-order valence-electron chi connectivity index (χ2n) is 7.12. The van der Waals surface area contributed by atoms with Gasteiger partial charge >= 0.3 is 0 Å². The minimum absolute atomic E-state index is 0.154. The van der Waals surface area contributed by atoms with Crippen LogP contribution in [0.3, 0.4) is 0 Å². The van der Waals surface area contributed by atoms with Crippen molar-refractivity contribution >= 4 is 17.0 Å². The SMILES string of the molecule is Cc1nnc2n1-c1sc3c(c1C(c1c(F)cccc1F)=N[C@H]2C)COCC[C@H]3F. The quantitative estimate of drug-likeness (QED) is 0.573. The molecular weight excluding hydrogens is 401 g/mol. The number of hydrogen-bond donors (Lipinski definition) is 0. The topological polar surface area (TPSA) is 52.3 Å². The molecule has 0 unspecified atom stereocenters. The van der Waals surface area contributed by atoms with Crippen molar-refractivity contribution in [3.05, 3.63) is 63.0 Å². The molecule has 0 N–H and O–H groups in total. The second-order valence-corrected chi connectivity index (χ2v) is 8.16. The number of hydrogen-bond acceptors (Lipinski definition) is 5. The molecule has 2 aliphatic rings. The minimum atomic E-state index is -1.21. The lowest BCUT2D eigenvalue weighted by Gasteiger charge is -2.12. The maximum absolute atomic E-state index is 14.9. The average molecular weight is 418 g/mol. The van der Waals surface area contributed by atoms with Crippen LogP contribution in [0.2, 0.25) is 0 Å². The maximum Gasteiger partial charge on any atom is 0.162 e. The molecule has 0 saturated carbocycles. The van der Waals surface area contributed by atoms with Crippen LogP contribution in [-0.4, -0.2) is 27.1 Å². The van der Waals surface area contributed by atoms with Gasteiger partial charge in [-0.1, -0.05) is 6.07 Å². The average Bonchev–Trinajstić information content (AvgIpc) is 3.15. The summed E-state index contributed by atoms with van der Waals surface area (Å²) in [4.78, 5) is 5.15. The van der Waals surface area contributed by atoms with E-state index in [1.54, 1.807) is 18.4 Å². The molecule has 0 aliphatic carbocycles. The molecule has 5 nitrogen and oxygen atoms in total. The Bertz CT molecular complexity index is 1130. The van der Waals surface area contributed by atoms with Crippen LogP contribution in [0.4, 0.5) is 13.2 Å². The molecule has 0 spiro atoms. The van der Waals surface area contributed by atoms with Gasteiger partial charge in [0.2, 0.25) is 0 Å². The minimum Gasteiger partial charge on any atom is -0.377 e. The van der Waals surface area contributed by atoms with Crippen LogP contribution in [0.15, 0.2) is 23.2 Å². The summed E-state index contributed by atoms with van der Waals surface area (Å²) in [5, 5.41) is 8.97. The molecule has 0 fully saturated rings. The maximum atomic E-state index is 14.9. The number of fused-ring (bicyclic) bond motifs is 5. The largest absolute Gasteiger partial charge is 0.377 e. The Hall–Kier alpha value is -2.52. The van der Waals surface area contributed by atoms with E-state index in [4.69, 9.17) is 4.74 Å². The van der Waals surface area contributed by atoms with E-state index in [-0.39, 0.29) is 30.9 Å². The predicted molar refractivity (Wildman–Crippen MR) is 103 cm³/mol. The van der Waals surface area contributed by atoms with Gasteiger partial charge in [-0.15, -0.1) is 21.5 Å². The first-order chi connectivity index (χ1) is 14.0. The smallest absolute Gasteiger partial charge is 0.162 e. The van der Waals surface area contributed by atoms with Gasteiger partial charge in [-0.2, -0.15) is 0 Å². The highest BCUT2D eigenvalue weighted by Gasteiger charge is 2.35. The summed E-state index contributed by atoms with van der Waals surface area (Å²) in [6, 6.07) is 3.21. The molecule has 0 amide bonds. The Morgan fingerprint density at radius 1 is 1.17 bits per heavy atom. The van der Waals surface area contributed by atoms with Crippen LogP contribution in [0.25, 0.3) is 5.00 Å². The Morgan fingerprint density at radius 3 is 2.69 bits per heavy atom. The normalized spacial score (nSPS) is 20.9. The van der Waals surface area contributed by atoms with E-state index >= 15 is 0 Å². The van der Waals surface area contributed by atoms with Crippen LogP contribution in [0.1, 0.15) is 58.8 Å². The Kier molecular flexibility index (Phi) is 4.32. The zero-order chi connectivity index (χ0) is 20.3. The van der Waals surface area contributed by atoms with Gasteiger partial charge in [-0.05, 0) is 26.0 Å². The van der Waals surface area contributed by atoms with Crippen molar-refractivity contribution in [3.63, 3.8) is 0 Å². The third kappa shape index (κ3) is 2.75. The molecule has 0 bridgehead atoms. The fraction of sp³-hybridized carbons (Fsp3) is 0.350. The second kappa shape index (κ2) is 6.77. The molecule has 2 atom stereocenters. The number of aliphatic imine (C=N–C) groups is 1. The van der Waals surface area contributed by atoms with Crippen LogP contribution < -0.4 is 0 Å². The summed E-state index contributed by atoms with van der Waals surface area (Å²) in [5.41, 5.74) is 1.01. The Balaban J connectivity index is 1.88. The first-order valence-electron chi connectivity index (χ1n) is 9.29. The van der Waals surface area contributed by atoms with Gasteiger partial charge in [0.25, 0.3) is 0 Å². The zero-order valence-electron chi connectivity index (χ0n) is 15.7. The molecule has 9 heteroatoms. The van der Waals surface area contributed by atoms with Crippen LogP contribution >= 0.6 is 11.3 Å². The van der Waals surface area contributed by atoms with E-state index in [0.717, 1.165) is 0 Å². The molecule has 5 rings (SSSR count). The molecule has 0 radical (unpaired) electrons. The van der Waals surface area contributed by atoms with Crippen molar-refractivity contribution in [2.24, 2.45) is 4.99 Å². The van der Waals surface area contributed by atoms with Crippen LogP contribution in [-0.2, 0) is 11.3 Å². The summed E-state index contributed by atoms with van der Waals surface area (Å²) in [5.74, 6) is -0.292. The standard InChI is InChI=1S/C20H17F3N4OS/c1-9-19-26-25-10(2)27(19)20-15(11-8-28-7-6-14(23)18(11)29-20)17(24-9)16-12(21)4-3-5-13(16)22/h3-5,9,14H,6-8H2,1-2H3/t9-,14+/m0/s1. The van der Waals surface area contributed by atoms with E-state index < -0.39 is 23.8 Å². The summed E-state index contributed by atoms with van der Waals surface area (Å²) < 4.78 is 51.8. The molecule has 2 aromatic heterocycles. The van der Waals surface area contributed by atoms with Crippen molar-refractivity contribution in [2.75, 3.05) is 6.61 Å². The Labute approximate surface area is 168 Å². The molecule has 0 saturated heterocycles. The number of rotatable bonds is 1. The number of alkyl halides is 1. The Morgan fingerprint density at radius 2 is 1.93 bits per heavy atom. The lowest BCUT2D eigenvalue weighted by Crippen LogP contribution is -2.13. The first-order valence-corrected chi connectivity index (χ1v) is 10.1. The third-order valence-corrected chi connectivity index (χ3v) is 6.55. The fourth-order valence-corrected chi connectivity index (χ4v) is 5.27. The van der Waals surface area contributed by atoms with Gasteiger partial charge in [-0.25, -0.2) is 13.2 Å². The van der Waals surface area contributed by atoms with Gasteiger partial charge in [0, 0.05) is 22.4 Å². The van der Waals surface area contributed by atoms with Gasteiger partial charge in [0.05, 0.1) is 24.5 Å². The highest BCUT2D eigenvalue weighted by Crippen LogP contribution is 2.44. The zero-order valence-corrected chi connectivity index (χ0v) is 16.6. The first kappa shape index (κ1) is 18.5. The molecule has 2 aliphatic heterocycles. The van der Waals surface area contributed by atoms with E-state index in [9.17, 15) is 13.2 Å². The van der Waals surface area contributed by atoms with Gasteiger partial charge < -0.3 is 4.74 Å². The summed E-state index contributed by atoms with van der Waals surface area (Å²) in [7, 11) is 0. The van der Waals surface area contributed by atoms with E-state index in [1.165, 1.54) is 29.5 Å². The van der Waals surface area contributed by atoms with Crippen molar-refractivity contribution < 1.29 is 17.9 Å². The van der Waals surface area contributed by atoms with Gasteiger partial charge in [-0.3, -0.25) is 9.56 Å². The molecule has 4 heterocycles. The molecule has 150 valence electrons. The lowest BCUT2D eigenvalue weighted by atomic mass is 9.97. The van der Waals surface area contributed by atoms with Crippen molar-refractivity contribution in [1.29, 1.82) is 0 Å². The molecule has 1 aromatic carbocycles. The van der Waals surface area contributed by atoms with E-state index in [2.05, 4.69) is 15.2 Å². The van der Waals surface area contributed by atoms with Crippen molar-refractivity contribution in [1.82, 2.24) is 14.8 Å². The highest BCUT2D eigenvalue weighted by molar-refractivity contribution is 7.15. The van der Waals surface area contributed by atoms with E-state index in [1.807, 2.05) is 0 Å². The number of halogens is 3. The summed E-state index contributed by atoms with van der Waals surface area (Å²) >= 11 is 1.25. The number of ether oxygens (including phenoxy) is 1. The number of benzene rings is 1. The molecule has 3 aromatic rings. The van der Waals surface area contributed by atoms with Crippen molar-refractivity contribution in [3.8, 4) is 5.00 Å².